The Balaban J connectivity index is 1.48. The van der Waals surface area contributed by atoms with Crippen LogP contribution in [-0.4, -0.2) is 69.3 Å². The lowest BCUT2D eigenvalue weighted by molar-refractivity contribution is -0.130. The first kappa shape index (κ1) is 21.2. The second kappa shape index (κ2) is 6.98. The van der Waals surface area contributed by atoms with Crippen molar-refractivity contribution in [3.8, 4) is 0 Å². The van der Waals surface area contributed by atoms with Crippen LogP contribution in [0.2, 0.25) is 0 Å². The third-order valence-electron chi connectivity index (χ3n) is 7.35. The van der Waals surface area contributed by atoms with Crippen molar-refractivity contribution in [2.24, 2.45) is 5.41 Å². The Kier molecular flexibility index (Phi) is 5.09. The molecule has 2 unspecified atom stereocenters. The first-order valence-electron chi connectivity index (χ1n) is 11.0. The van der Waals surface area contributed by atoms with E-state index in [-0.39, 0.29) is 23.5 Å². The smallest absolute Gasteiger partial charge is 0.219 e. The first-order valence-corrected chi connectivity index (χ1v) is 11.7. The van der Waals surface area contributed by atoms with Crippen LogP contribution in [0.3, 0.4) is 0 Å². The Hall–Kier alpha value is -1.08. The molecule has 0 aromatic carbocycles. The fraction of sp³-hybridized carbons (Fsp3) is 0.818. The highest BCUT2D eigenvalue weighted by atomic mass is 79.9. The summed E-state index contributed by atoms with van der Waals surface area (Å²) in [7, 11) is 0. The predicted octanol–water partition coefficient (Wildman–Crippen LogP) is 3.83. The molecule has 1 amide bonds. The van der Waals surface area contributed by atoms with Gasteiger partial charge < -0.3 is 9.80 Å². The predicted molar refractivity (Wildman–Crippen MR) is 120 cm³/mol. The van der Waals surface area contributed by atoms with E-state index in [9.17, 15) is 4.79 Å². The van der Waals surface area contributed by atoms with Crippen LogP contribution in [-0.2, 0) is 4.79 Å². The lowest BCUT2D eigenvalue weighted by Gasteiger charge is -2.62. The zero-order valence-corrected chi connectivity index (χ0v) is 20.6. The average Bonchev–Trinajstić information content (AvgIpc) is 2.79. The summed E-state index contributed by atoms with van der Waals surface area (Å²) in [5, 5.41) is 5.10. The molecule has 3 fully saturated rings. The average molecular weight is 466 g/mol. The summed E-state index contributed by atoms with van der Waals surface area (Å²) in [5.74, 6) is 1.20. The van der Waals surface area contributed by atoms with Gasteiger partial charge in [-0.15, -0.1) is 0 Å². The summed E-state index contributed by atoms with van der Waals surface area (Å²) in [6.07, 6.45) is 2.47. The molecule has 2 atom stereocenters. The lowest BCUT2D eigenvalue weighted by Crippen LogP contribution is -2.67. The number of hydrogen-bond acceptors (Lipinski definition) is 4. The largest absolute Gasteiger partial charge is 0.345 e. The minimum atomic E-state index is 0.161. The zero-order chi connectivity index (χ0) is 21.3. The van der Waals surface area contributed by atoms with Crippen molar-refractivity contribution in [2.75, 3.05) is 31.1 Å². The first-order chi connectivity index (χ1) is 13.4. The van der Waals surface area contributed by atoms with Crippen molar-refractivity contribution in [1.29, 1.82) is 0 Å². The summed E-state index contributed by atoms with van der Waals surface area (Å²) in [6, 6.07) is 1.01. The Labute approximate surface area is 183 Å². The maximum atomic E-state index is 11.8. The molecule has 29 heavy (non-hydrogen) atoms. The van der Waals surface area contributed by atoms with Crippen LogP contribution in [0.4, 0.5) is 5.82 Å². The molecule has 1 aromatic heterocycles. The van der Waals surface area contributed by atoms with Crippen LogP contribution in [0, 0.1) is 12.3 Å². The molecule has 7 heteroatoms. The second-order valence-electron chi connectivity index (χ2n) is 10.8. The molecule has 0 bridgehead atoms. The van der Waals surface area contributed by atoms with Crippen molar-refractivity contribution in [1.82, 2.24) is 19.6 Å². The molecule has 162 valence electrons. The van der Waals surface area contributed by atoms with Crippen molar-refractivity contribution in [3.63, 3.8) is 0 Å². The fourth-order valence-corrected chi connectivity index (χ4v) is 6.08. The maximum Gasteiger partial charge on any atom is 0.219 e. The van der Waals surface area contributed by atoms with Crippen LogP contribution in [0.1, 0.15) is 66.1 Å². The van der Waals surface area contributed by atoms with Crippen molar-refractivity contribution in [2.45, 2.75) is 85.0 Å². The Morgan fingerprint density at radius 1 is 1.14 bits per heavy atom. The van der Waals surface area contributed by atoms with Crippen LogP contribution in [0.25, 0.3) is 0 Å². The highest BCUT2D eigenvalue weighted by Crippen LogP contribution is 2.56. The number of rotatable bonds is 2. The molecule has 2 saturated heterocycles. The van der Waals surface area contributed by atoms with E-state index in [0.29, 0.717) is 11.5 Å². The molecule has 3 aliphatic rings. The molecular formula is C22H36BrN5O. The van der Waals surface area contributed by atoms with Gasteiger partial charge in [0.25, 0.3) is 0 Å². The Morgan fingerprint density at radius 2 is 1.69 bits per heavy atom. The van der Waals surface area contributed by atoms with Gasteiger partial charge >= 0.3 is 0 Å². The van der Waals surface area contributed by atoms with E-state index in [1.165, 1.54) is 31.6 Å². The van der Waals surface area contributed by atoms with Gasteiger partial charge in [0.2, 0.25) is 5.91 Å². The third-order valence-corrected chi connectivity index (χ3v) is 8.28. The van der Waals surface area contributed by atoms with E-state index >= 15 is 0 Å². The molecule has 4 rings (SSSR count). The van der Waals surface area contributed by atoms with Gasteiger partial charge in [-0.25, -0.2) is 0 Å². The van der Waals surface area contributed by atoms with E-state index < -0.39 is 0 Å². The van der Waals surface area contributed by atoms with Crippen LogP contribution in [0.15, 0.2) is 4.47 Å². The molecule has 1 aliphatic carbocycles. The lowest BCUT2D eigenvalue weighted by atomic mass is 9.59. The number of aromatic nitrogens is 2. The van der Waals surface area contributed by atoms with Gasteiger partial charge in [-0.1, -0.05) is 0 Å². The van der Waals surface area contributed by atoms with Gasteiger partial charge in [0.05, 0.1) is 16.2 Å². The number of hydrogen-bond donors (Lipinski definition) is 0. The number of anilines is 1. The van der Waals surface area contributed by atoms with E-state index in [1.54, 1.807) is 6.92 Å². The van der Waals surface area contributed by atoms with Gasteiger partial charge in [0.15, 0.2) is 5.82 Å². The van der Waals surface area contributed by atoms with Crippen molar-refractivity contribution >= 4 is 27.7 Å². The number of halogens is 1. The normalized spacial score (nSPS) is 27.9. The summed E-state index contributed by atoms with van der Waals surface area (Å²) in [6.45, 7) is 19.1. The summed E-state index contributed by atoms with van der Waals surface area (Å²) in [5.41, 5.74) is 2.01. The van der Waals surface area contributed by atoms with Gasteiger partial charge in [-0.05, 0) is 75.7 Å². The van der Waals surface area contributed by atoms with Gasteiger partial charge in [-0.2, -0.15) is 5.10 Å². The fourth-order valence-electron chi connectivity index (χ4n) is 5.61. The van der Waals surface area contributed by atoms with Gasteiger partial charge in [-0.3, -0.25) is 14.4 Å². The minimum Gasteiger partial charge on any atom is -0.345 e. The van der Waals surface area contributed by atoms with Gasteiger partial charge in [0.1, 0.15) is 0 Å². The quantitative estimate of drug-likeness (QED) is 0.665. The monoisotopic (exact) mass is 465 g/mol. The summed E-state index contributed by atoms with van der Waals surface area (Å²) < 4.78 is 3.37. The van der Waals surface area contributed by atoms with E-state index in [4.69, 9.17) is 5.10 Å². The van der Waals surface area contributed by atoms with Crippen LogP contribution in [0.5, 0.6) is 0 Å². The maximum absolute atomic E-state index is 11.8. The van der Waals surface area contributed by atoms with Gasteiger partial charge in [0, 0.05) is 50.7 Å². The number of likely N-dealkylation sites (tertiary alicyclic amines) is 1. The Bertz CT molecular complexity index is 787. The molecule has 3 heterocycles. The molecule has 1 spiro atoms. The number of carbonyl (C=O) groups is 1. The third kappa shape index (κ3) is 3.52. The minimum absolute atomic E-state index is 0.161. The SMILES string of the molecule is CC(=O)N1CC(C)N(c2nn(C3CC4(C3)CN(C(C)(C)C)C4)c(C)c2Br)C(C)C1. The topological polar surface area (TPSA) is 44.6 Å². The molecule has 6 nitrogen and oxygen atoms in total. The number of piperazine rings is 1. The standard InChI is InChI=1S/C22H36BrN5O/c1-14-10-25(17(4)29)11-15(2)27(14)20-19(23)16(3)28(24-20)18-8-22(9-18)12-26(13-22)21(5,6)7/h14-15,18H,8-13H2,1-7H3. The molecular weight excluding hydrogens is 430 g/mol. The molecule has 1 aromatic rings. The van der Waals surface area contributed by atoms with Crippen molar-refractivity contribution < 1.29 is 4.79 Å². The molecule has 0 N–H and O–H groups in total. The number of carbonyl (C=O) groups excluding carboxylic acids is 1. The molecule has 2 aliphatic heterocycles. The highest BCUT2D eigenvalue weighted by Gasteiger charge is 2.55. The van der Waals surface area contributed by atoms with Crippen molar-refractivity contribution in [3.05, 3.63) is 10.2 Å². The highest BCUT2D eigenvalue weighted by molar-refractivity contribution is 9.10. The molecule has 1 saturated carbocycles. The van der Waals surface area contributed by atoms with E-state index in [2.05, 4.69) is 72.0 Å². The van der Waals surface area contributed by atoms with E-state index in [0.717, 1.165) is 23.4 Å². The van der Waals surface area contributed by atoms with Crippen LogP contribution >= 0.6 is 15.9 Å². The second-order valence-corrected chi connectivity index (χ2v) is 11.6. The summed E-state index contributed by atoms with van der Waals surface area (Å²) in [4.78, 5) is 18.8. The zero-order valence-electron chi connectivity index (χ0n) is 19.0. The Morgan fingerprint density at radius 3 is 2.17 bits per heavy atom. The molecule has 0 radical (unpaired) electrons. The number of amides is 1. The van der Waals surface area contributed by atoms with E-state index in [1.807, 2.05) is 4.90 Å². The number of nitrogens with zero attached hydrogens (tertiary/aromatic N) is 5. The summed E-state index contributed by atoms with van der Waals surface area (Å²) >= 11 is 3.84. The van der Waals surface area contributed by atoms with Crippen LogP contribution < -0.4 is 4.90 Å².